The number of carbonyl (C=O) groups is 1. The van der Waals surface area contributed by atoms with Crippen molar-refractivity contribution in [2.45, 2.75) is 13.0 Å². The van der Waals surface area contributed by atoms with Crippen molar-refractivity contribution in [3.8, 4) is 5.69 Å². The van der Waals surface area contributed by atoms with Crippen LogP contribution < -0.4 is 5.56 Å². The van der Waals surface area contributed by atoms with E-state index in [2.05, 4.69) is 15.1 Å². The highest BCUT2D eigenvalue weighted by molar-refractivity contribution is 5.97. The molecule has 0 saturated heterocycles. The molecule has 3 heterocycles. The van der Waals surface area contributed by atoms with Gasteiger partial charge in [-0.1, -0.05) is 18.2 Å². The molecule has 0 unspecified atom stereocenters. The van der Waals surface area contributed by atoms with Crippen molar-refractivity contribution in [1.82, 2.24) is 24.6 Å². The smallest absolute Gasteiger partial charge is 0.276 e. The zero-order chi connectivity index (χ0) is 18.4. The number of amides is 1. The Hall–Kier alpha value is -3.61. The van der Waals surface area contributed by atoms with Gasteiger partial charge in [0.05, 0.1) is 35.2 Å². The molecule has 2 N–H and O–H groups in total. The van der Waals surface area contributed by atoms with Crippen LogP contribution in [0.3, 0.4) is 0 Å². The maximum atomic E-state index is 12.9. The summed E-state index contributed by atoms with van der Waals surface area (Å²) in [5.41, 5.74) is 4.49. The maximum Gasteiger partial charge on any atom is 0.276 e. The second-order valence-electron chi connectivity index (χ2n) is 6.66. The van der Waals surface area contributed by atoms with Crippen LogP contribution in [0.25, 0.3) is 16.7 Å². The molecule has 0 saturated carbocycles. The SMILES string of the molecule is O=C(c1ccc2nc[nH]c2c1)N1CCc2[nH]n(-c3ccccc3)c(=O)c2C1. The number of para-hydroxylation sites is 1. The molecule has 1 aliphatic rings. The lowest BCUT2D eigenvalue weighted by molar-refractivity contribution is 0.0734. The van der Waals surface area contributed by atoms with Gasteiger partial charge in [-0.05, 0) is 30.3 Å². The number of rotatable bonds is 2. The third kappa shape index (κ3) is 2.55. The lowest BCUT2D eigenvalue weighted by Crippen LogP contribution is -2.37. The molecule has 1 aliphatic heterocycles. The van der Waals surface area contributed by atoms with Gasteiger partial charge in [0, 0.05) is 24.2 Å². The molecule has 134 valence electrons. The van der Waals surface area contributed by atoms with E-state index in [-0.39, 0.29) is 11.5 Å². The predicted octanol–water partition coefficient (Wildman–Crippen LogP) is 2.24. The Morgan fingerprint density at radius 2 is 1.96 bits per heavy atom. The van der Waals surface area contributed by atoms with Crippen molar-refractivity contribution in [2.24, 2.45) is 0 Å². The number of nitrogens with zero attached hydrogens (tertiary/aromatic N) is 3. The van der Waals surface area contributed by atoms with Gasteiger partial charge in [0.1, 0.15) is 0 Å². The lowest BCUT2D eigenvalue weighted by Gasteiger charge is -2.26. The van der Waals surface area contributed by atoms with Crippen molar-refractivity contribution in [3.05, 3.63) is 82.0 Å². The summed E-state index contributed by atoms with van der Waals surface area (Å²) in [6.45, 7) is 0.881. The number of hydrogen-bond acceptors (Lipinski definition) is 3. The van der Waals surface area contributed by atoms with Crippen molar-refractivity contribution < 1.29 is 4.79 Å². The van der Waals surface area contributed by atoms with E-state index >= 15 is 0 Å². The molecule has 0 atom stereocenters. The molecule has 0 fully saturated rings. The average Bonchev–Trinajstić information content (AvgIpc) is 3.32. The zero-order valence-corrected chi connectivity index (χ0v) is 14.5. The van der Waals surface area contributed by atoms with Gasteiger partial charge >= 0.3 is 0 Å². The van der Waals surface area contributed by atoms with E-state index in [9.17, 15) is 9.59 Å². The van der Waals surface area contributed by atoms with E-state index in [4.69, 9.17) is 0 Å². The largest absolute Gasteiger partial charge is 0.345 e. The van der Waals surface area contributed by atoms with Crippen molar-refractivity contribution in [3.63, 3.8) is 0 Å². The fraction of sp³-hybridized carbons (Fsp3) is 0.150. The summed E-state index contributed by atoms with van der Waals surface area (Å²) in [5.74, 6) is -0.0796. The van der Waals surface area contributed by atoms with E-state index in [1.807, 2.05) is 36.4 Å². The first-order valence-electron chi connectivity index (χ1n) is 8.81. The average molecular weight is 359 g/mol. The molecule has 0 radical (unpaired) electrons. The summed E-state index contributed by atoms with van der Waals surface area (Å²) in [6.07, 6.45) is 2.24. The monoisotopic (exact) mass is 359 g/mol. The Morgan fingerprint density at radius 3 is 2.81 bits per heavy atom. The Bertz CT molecular complexity index is 1200. The summed E-state index contributed by atoms with van der Waals surface area (Å²) >= 11 is 0. The number of aromatic amines is 2. The van der Waals surface area contributed by atoms with Crippen LogP contribution >= 0.6 is 0 Å². The normalized spacial score (nSPS) is 13.7. The number of hydrogen-bond donors (Lipinski definition) is 2. The number of imidazole rings is 1. The molecule has 0 bridgehead atoms. The van der Waals surface area contributed by atoms with Gasteiger partial charge in [-0.2, -0.15) is 0 Å². The Balaban J connectivity index is 1.46. The van der Waals surface area contributed by atoms with Crippen LogP contribution in [0.5, 0.6) is 0 Å². The van der Waals surface area contributed by atoms with Crippen LogP contribution in [0.2, 0.25) is 0 Å². The fourth-order valence-electron chi connectivity index (χ4n) is 3.59. The Morgan fingerprint density at radius 1 is 1.11 bits per heavy atom. The number of nitrogens with one attached hydrogen (secondary N) is 2. The first-order valence-corrected chi connectivity index (χ1v) is 8.81. The third-order valence-electron chi connectivity index (χ3n) is 5.02. The van der Waals surface area contributed by atoms with Crippen LogP contribution in [0.1, 0.15) is 21.6 Å². The van der Waals surface area contributed by atoms with Crippen LogP contribution in [-0.2, 0) is 13.0 Å². The standard InChI is InChI=1S/C20H17N5O2/c26-19(13-6-7-17-18(10-13)22-12-21-17)24-9-8-16-15(11-24)20(27)25(23-16)14-4-2-1-3-5-14/h1-7,10,12,23H,8-9,11H2,(H,21,22). The van der Waals surface area contributed by atoms with Crippen molar-refractivity contribution >= 4 is 16.9 Å². The van der Waals surface area contributed by atoms with Crippen LogP contribution in [0.4, 0.5) is 0 Å². The number of fused-ring (bicyclic) bond motifs is 2. The summed E-state index contributed by atoms with van der Waals surface area (Å²) in [5, 5.41) is 3.19. The minimum Gasteiger partial charge on any atom is -0.345 e. The third-order valence-corrected chi connectivity index (χ3v) is 5.02. The van der Waals surface area contributed by atoms with Crippen molar-refractivity contribution in [1.29, 1.82) is 0 Å². The molecule has 5 rings (SSSR count). The van der Waals surface area contributed by atoms with Crippen LogP contribution in [0.15, 0.2) is 59.7 Å². The second kappa shape index (κ2) is 5.98. The van der Waals surface area contributed by atoms with E-state index < -0.39 is 0 Å². The highest BCUT2D eigenvalue weighted by Crippen LogP contribution is 2.20. The molecule has 7 heteroatoms. The Kier molecular flexibility index (Phi) is 3.46. The summed E-state index contributed by atoms with van der Waals surface area (Å²) < 4.78 is 1.55. The molecule has 27 heavy (non-hydrogen) atoms. The van der Waals surface area contributed by atoms with Crippen LogP contribution in [0, 0.1) is 0 Å². The van der Waals surface area contributed by atoms with Gasteiger partial charge in [-0.15, -0.1) is 0 Å². The predicted molar refractivity (Wildman–Crippen MR) is 101 cm³/mol. The van der Waals surface area contributed by atoms with Gasteiger partial charge in [0.25, 0.3) is 11.5 Å². The van der Waals surface area contributed by atoms with E-state index in [1.54, 1.807) is 28.0 Å². The highest BCUT2D eigenvalue weighted by Gasteiger charge is 2.26. The molecular formula is C20H17N5O2. The summed E-state index contributed by atoms with van der Waals surface area (Å²) in [4.78, 5) is 34.7. The van der Waals surface area contributed by atoms with E-state index in [1.165, 1.54) is 0 Å². The molecule has 7 nitrogen and oxygen atoms in total. The molecule has 2 aromatic heterocycles. The first-order chi connectivity index (χ1) is 13.2. The van der Waals surface area contributed by atoms with E-state index in [0.29, 0.717) is 30.6 Å². The first kappa shape index (κ1) is 15.6. The number of aromatic nitrogens is 4. The summed E-state index contributed by atoms with van der Waals surface area (Å²) in [6, 6.07) is 14.9. The highest BCUT2D eigenvalue weighted by atomic mass is 16.2. The molecular weight excluding hydrogens is 342 g/mol. The summed E-state index contributed by atoms with van der Waals surface area (Å²) in [7, 11) is 0. The molecule has 4 aromatic rings. The number of H-pyrrole nitrogens is 2. The minimum absolute atomic E-state index is 0.0796. The van der Waals surface area contributed by atoms with Gasteiger partial charge in [0.2, 0.25) is 0 Å². The quantitative estimate of drug-likeness (QED) is 0.575. The van der Waals surface area contributed by atoms with Crippen molar-refractivity contribution in [2.75, 3.05) is 6.54 Å². The number of benzene rings is 2. The van der Waals surface area contributed by atoms with Gasteiger partial charge in [-0.3, -0.25) is 14.7 Å². The Labute approximate surface area is 154 Å². The zero-order valence-electron chi connectivity index (χ0n) is 14.5. The van der Waals surface area contributed by atoms with Crippen LogP contribution in [-0.4, -0.2) is 37.1 Å². The second-order valence-corrected chi connectivity index (χ2v) is 6.66. The number of carbonyl (C=O) groups excluding carboxylic acids is 1. The topological polar surface area (TPSA) is 86.8 Å². The maximum absolute atomic E-state index is 12.9. The molecule has 0 aliphatic carbocycles. The fourth-order valence-corrected chi connectivity index (χ4v) is 3.59. The van der Waals surface area contributed by atoms with Gasteiger partial charge in [0.15, 0.2) is 0 Å². The molecule has 0 spiro atoms. The molecule has 2 aromatic carbocycles. The van der Waals surface area contributed by atoms with Gasteiger partial charge in [-0.25, -0.2) is 9.67 Å². The molecule has 1 amide bonds. The minimum atomic E-state index is -0.0993. The van der Waals surface area contributed by atoms with Gasteiger partial charge < -0.3 is 9.88 Å². The lowest BCUT2D eigenvalue weighted by atomic mass is 10.1. The van der Waals surface area contributed by atoms with E-state index in [0.717, 1.165) is 22.4 Å².